The Morgan fingerprint density at radius 2 is 1.71 bits per heavy atom. The number of nitrogens with zero attached hydrogens (tertiary/aromatic N) is 2. The minimum atomic E-state index is -3.79. The van der Waals surface area contributed by atoms with Gasteiger partial charge in [-0.2, -0.15) is 4.31 Å². The summed E-state index contributed by atoms with van der Waals surface area (Å²) in [5.41, 5.74) is 0. The number of halogens is 2. The van der Waals surface area contributed by atoms with Gasteiger partial charge in [0.25, 0.3) is 0 Å². The zero-order valence-corrected chi connectivity index (χ0v) is 17.7. The minimum absolute atomic E-state index is 0.00250. The fourth-order valence-electron chi connectivity index (χ4n) is 3.61. The third kappa shape index (κ3) is 4.62. The lowest BCUT2D eigenvalue weighted by atomic mass is 10.1. The first-order valence-electron chi connectivity index (χ1n) is 9.30. The number of hydrogen-bond donors (Lipinski definition) is 1. The number of hydrogen-bond acceptors (Lipinski definition) is 4. The summed E-state index contributed by atoms with van der Waals surface area (Å²) in [7, 11) is -3.79. The predicted octanol–water partition coefficient (Wildman–Crippen LogP) is 2.13. The summed E-state index contributed by atoms with van der Waals surface area (Å²) in [4.78, 5) is 25.9. The fourth-order valence-corrected chi connectivity index (χ4v) is 5.77. The molecule has 1 N–H and O–H groups in total. The number of carbonyl (C=O) groups is 2. The van der Waals surface area contributed by atoms with Crippen LogP contribution in [0.5, 0.6) is 0 Å². The molecule has 28 heavy (non-hydrogen) atoms. The van der Waals surface area contributed by atoms with Crippen molar-refractivity contribution in [2.24, 2.45) is 5.92 Å². The Bertz CT molecular complexity index is 848. The molecule has 2 aliphatic rings. The Labute approximate surface area is 175 Å². The molecule has 0 atom stereocenters. The fraction of sp³-hybridized carbons (Fsp3) is 0.556. The summed E-state index contributed by atoms with van der Waals surface area (Å²) in [6.07, 6.45) is 3.86. The van der Waals surface area contributed by atoms with Crippen LogP contribution in [-0.2, 0) is 19.6 Å². The normalized spacial score (nSPS) is 19.0. The lowest BCUT2D eigenvalue weighted by molar-refractivity contribution is -0.134. The Hall–Kier alpha value is -1.35. The number of rotatable bonds is 5. The van der Waals surface area contributed by atoms with E-state index in [1.165, 1.54) is 22.5 Å². The van der Waals surface area contributed by atoms with E-state index in [2.05, 4.69) is 5.32 Å². The molecule has 1 aliphatic heterocycles. The monoisotopic (exact) mass is 447 g/mol. The Balaban J connectivity index is 1.54. The molecule has 10 heteroatoms. The second kappa shape index (κ2) is 8.98. The summed E-state index contributed by atoms with van der Waals surface area (Å²) < 4.78 is 26.9. The first kappa shape index (κ1) is 21.4. The van der Waals surface area contributed by atoms with Crippen LogP contribution in [-0.4, -0.2) is 62.2 Å². The number of benzene rings is 1. The van der Waals surface area contributed by atoms with Crippen molar-refractivity contribution in [1.29, 1.82) is 0 Å². The van der Waals surface area contributed by atoms with Crippen molar-refractivity contribution < 1.29 is 18.0 Å². The number of piperazine rings is 1. The van der Waals surface area contributed by atoms with Crippen molar-refractivity contribution in [1.82, 2.24) is 14.5 Å². The third-order valence-electron chi connectivity index (χ3n) is 5.27. The summed E-state index contributed by atoms with van der Waals surface area (Å²) in [6.45, 7) is 0.786. The average molecular weight is 448 g/mol. The molecular formula is C18H23Cl2N3O4S. The van der Waals surface area contributed by atoms with Gasteiger partial charge in [-0.3, -0.25) is 9.59 Å². The zero-order chi connectivity index (χ0) is 20.3. The standard InChI is InChI=1S/C18H23Cl2N3O4S/c19-14-6-3-7-15(17(14)20)28(26,27)23-10-8-22(9-11-23)16(24)12-21-18(25)13-4-1-2-5-13/h3,6-7,13H,1-2,4-5,8-12H2,(H,21,25). The van der Waals surface area contributed by atoms with Gasteiger partial charge in [-0.1, -0.05) is 42.1 Å². The van der Waals surface area contributed by atoms with Crippen molar-refractivity contribution in [2.45, 2.75) is 30.6 Å². The van der Waals surface area contributed by atoms with Gasteiger partial charge in [0, 0.05) is 32.1 Å². The van der Waals surface area contributed by atoms with E-state index in [1.54, 1.807) is 4.90 Å². The van der Waals surface area contributed by atoms with Gasteiger partial charge in [0.05, 0.1) is 16.6 Å². The molecule has 0 unspecified atom stereocenters. The topological polar surface area (TPSA) is 86.8 Å². The lowest BCUT2D eigenvalue weighted by Gasteiger charge is -2.34. The van der Waals surface area contributed by atoms with E-state index in [4.69, 9.17) is 23.2 Å². The number of carbonyl (C=O) groups excluding carboxylic acids is 2. The highest BCUT2D eigenvalue weighted by Gasteiger charge is 2.32. The zero-order valence-electron chi connectivity index (χ0n) is 15.4. The Kier molecular flexibility index (Phi) is 6.85. The first-order chi connectivity index (χ1) is 13.3. The maximum Gasteiger partial charge on any atom is 0.244 e. The molecular weight excluding hydrogens is 425 g/mol. The molecule has 0 aromatic heterocycles. The average Bonchev–Trinajstić information content (AvgIpc) is 3.23. The van der Waals surface area contributed by atoms with Crippen molar-refractivity contribution >= 4 is 45.0 Å². The number of nitrogens with one attached hydrogen (secondary N) is 1. The summed E-state index contributed by atoms with van der Waals surface area (Å²) >= 11 is 12.0. The van der Waals surface area contributed by atoms with E-state index in [9.17, 15) is 18.0 Å². The van der Waals surface area contributed by atoms with Crippen LogP contribution in [0.15, 0.2) is 23.1 Å². The maximum atomic E-state index is 12.8. The Morgan fingerprint density at radius 3 is 2.36 bits per heavy atom. The van der Waals surface area contributed by atoms with Crippen LogP contribution in [0, 0.1) is 5.92 Å². The van der Waals surface area contributed by atoms with Crippen molar-refractivity contribution in [3.05, 3.63) is 28.2 Å². The molecule has 1 saturated carbocycles. The van der Waals surface area contributed by atoms with E-state index in [0.29, 0.717) is 0 Å². The molecule has 0 spiro atoms. The van der Waals surface area contributed by atoms with Crippen molar-refractivity contribution in [2.75, 3.05) is 32.7 Å². The molecule has 7 nitrogen and oxygen atoms in total. The molecule has 1 aliphatic carbocycles. The highest BCUT2D eigenvalue weighted by atomic mass is 35.5. The third-order valence-corrected chi connectivity index (χ3v) is 8.14. The van der Waals surface area contributed by atoms with Crippen LogP contribution < -0.4 is 5.32 Å². The molecule has 0 radical (unpaired) electrons. The molecule has 1 saturated heterocycles. The molecule has 1 heterocycles. The minimum Gasteiger partial charge on any atom is -0.347 e. The molecule has 2 amide bonds. The van der Waals surface area contributed by atoms with Crippen LogP contribution in [0.2, 0.25) is 10.0 Å². The molecule has 2 fully saturated rings. The van der Waals surface area contributed by atoms with Crippen LogP contribution in [0.3, 0.4) is 0 Å². The van der Waals surface area contributed by atoms with Gasteiger partial charge in [0.15, 0.2) is 0 Å². The van der Waals surface area contributed by atoms with Crippen LogP contribution in [0.1, 0.15) is 25.7 Å². The first-order valence-corrected chi connectivity index (χ1v) is 11.5. The number of amides is 2. The second-order valence-corrected chi connectivity index (χ2v) is 9.73. The van der Waals surface area contributed by atoms with Gasteiger partial charge < -0.3 is 10.2 Å². The summed E-state index contributed by atoms with van der Waals surface area (Å²) in [6, 6.07) is 4.48. The van der Waals surface area contributed by atoms with Gasteiger partial charge in [-0.05, 0) is 25.0 Å². The summed E-state index contributed by atoms with van der Waals surface area (Å²) in [5, 5.41) is 2.88. The largest absolute Gasteiger partial charge is 0.347 e. The second-order valence-electron chi connectivity index (χ2n) is 7.04. The predicted molar refractivity (Wildman–Crippen MR) is 107 cm³/mol. The van der Waals surface area contributed by atoms with Crippen molar-refractivity contribution in [3.8, 4) is 0 Å². The van der Waals surface area contributed by atoms with Crippen LogP contribution >= 0.6 is 23.2 Å². The van der Waals surface area contributed by atoms with Gasteiger partial charge in [-0.25, -0.2) is 8.42 Å². The van der Waals surface area contributed by atoms with E-state index < -0.39 is 10.0 Å². The molecule has 0 bridgehead atoms. The SMILES string of the molecule is O=C(NCC(=O)N1CCN(S(=O)(=O)c2cccc(Cl)c2Cl)CC1)C1CCCC1. The molecule has 1 aromatic carbocycles. The van der Waals surface area contributed by atoms with Crippen molar-refractivity contribution in [3.63, 3.8) is 0 Å². The quantitative estimate of drug-likeness (QED) is 0.748. The number of sulfonamides is 1. The van der Waals surface area contributed by atoms with E-state index in [1.807, 2.05) is 0 Å². The lowest BCUT2D eigenvalue weighted by Crippen LogP contribution is -2.52. The van der Waals surface area contributed by atoms with Gasteiger partial charge in [0.2, 0.25) is 21.8 Å². The van der Waals surface area contributed by atoms with Crippen LogP contribution in [0.25, 0.3) is 0 Å². The summed E-state index contributed by atoms with van der Waals surface area (Å²) in [5.74, 6) is -0.260. The highest BCUT2D eigenvalue weighted by Crippen LogP contribution is 2.31. The molecule has 154 valence electrons. The molecule has 3 rings (SSSR count). The van der Waals surface area contributed by atoms with Gasteiger partial charge >= 0.3 is 0 Å². The Morgan fingerprint density at radius 1 is 1.07 bits per heavy atom. The van der Waals surface area contributed by atoms with E-state index in [0.717, 1.165) is 25.7 Å². The maximum absolute atomic E-state index is 12.8. The van der Waals surface area contributed by atoms with E-state index in [-0.39, 0.29) is 65.4 Å². The smallest absolute Gasteiger partial charge is 0.244 e. The highest BCUT2D eigenvalue weighted by molar-refractivity contribution is 7.89. The van der Waals surface area contributed by atoms with E-state index >= 15 is 0 Å². The van der Waals surface area contributed by atoms with Gasteiger partial charge in [0.1, 0.15) is 4.90 Å². The van der Waals surface area contributed by atoms with Gasteiger partial charge in [-0.15, -0.1) is 0 Å². The molecule has 1 aromatic rings. The van der Waals surface area contributed by atoms with Crippen LogP contribution in [0.4, 0.5) is 0 Å².